The van der Waals surface area contributed by atoms with Crippen LogP contribution in [0.4, 0.5) is 0 Å². The van der Waals surface area contributed by atoms with Gasteiger partial charge in [-0.05, 0) is 47.4 Å². The number of H-pyrrole nitrogens is 1. The van der Waals surface area contributed by atoms with E-state index in [9.17, 15) is 10.1 Å². The van der Waals surface area contributed by atoms with Crippen molar-refractivity contribution in [2.75, 3.05) is 12.9 Å². The number of nitrogens with one attached hydrogen (secondary N) is 1. The number of halogens is 2. The number of nitrogens with zero attached hydrogens (tertiary/aromatic N) is 2. The zero-order valence-corrected chi connectivity index (χ0v) is 17.7. The summed E-state index contributed by atoms with van der Waals surface area (Å²) >= 11 is 6.96. The fourth-order valence-corrected chi connectivity index (χ4v) is 4.09. The number of hydrogen-bond acceptors (Lipinski definition) is 5. The van der Waals surface area contributed by atoms with E-state index >= 15 is 0 Å². The SMILES string of the molecule is CCCCOc1c(I)cc(Br)cc1-c1nc(SC)[nH]c(=O)c1C#N. The van der Waals surface area contributed by atoms with Gasteiger partial charge < -0.3 is 9.72 Å². The molecule has 0 aliphatic rings. The summed E-state index contributed by atoms with van der Waals surface area (Å²) < 4.78 is 7.66. The number of aromatic nitrogens is 2. The quantitative estimate of drug-likeness (QED) is 0.261. The lowest BCUT2D eigenvalue weighted by atomic mass is 10.1. The maximum atomic E-state index is 12.2. The molecule has 0 bridgehead atoms. The Morgan fingerprint density at radius 1 is 1.50 bits per heavy atom. The molecule has 1 N–H and O–H groups in total. The van der Waals surface area contributed by atoms with Gasteiger partial charge >= 0.3 is 0 Å². The van der Waals surface area contributed by atoms with Gasteiger partial charge in [0.25, 0.3) is 5.56 Å². The van der Waals surface area contributed by atoms with Crippen molar-refractivity contribution in [3.8, 4) is 23.1 Å². The molecule has 0 saturated heterocycles. The van der Waals surface area contributed by atoms with Gasteiger partial charge in [-0.15, -0.1) is 0 Å². The van der Waals surface area contributed by atoms with Gasteiger partial charge in [0.1, 0.15) is 23.1 Å². The molecule has 5 nitrogen and oxygen atoms in total. The monoisotopic (exact) mass is 519 g/mol. The van der Waals surface area contributed by atoms with Gasteiger partial charge in [-0.25, -0.2) is 4.98 Å². The number of rotatable bonds is 6. The van der Waals surface area contributed by atoms with E-state index in [-0.39, 0.29) is 5.56 Å². The standard InChI is InChI=1S/C16H15BrIN3O2S/c1-3-4-5-23-14-10(6-9(17)7-12(14)18)13-11(8-19)15(22)21-16(20-13)24-2/h6-7H,3-5H2,1-2H3,(H,20,21,22). The molecular weight excluding hydrogens is 505 g/mol. The van der Waals surface area contributed by atoms with E-state index in [1.165, 1.54) is 11.8 Å². The Hall–Kier alpha value is -1.05. The summed E-state index contributed by atoms with van der Waals surface area (Å²) in [5.41, 5.74) is 0.530. The molecule has 1 heterocycles. The second-order valence-electron chi connectivity index (χ2n) is 4.88. The summed E-state index contributed by atoms with van der Waals surface area (Å²) in [6.07, 6.45) is 3.76. The minimum absolute atomic E-state index is 0.0120. The molecule has 0 amide bonds. The highest BCUT2D eigenvalue weighted by atomic mass is 127. The van der Waals surface area contributed by atoms with Crippen LogP contribution in [0.2, 0.25) is 0 Å². The minimum atomic E-state index is -0.443. The van der Waals surface area contributed by atoms with E-state index in [0.717, 1.165) is 20.9 Å². The number of benzene rings is 1. The lowest BCUT2D eigenvalue weighted by Crippen LogP contribution is -2.15. The molecular formula is C16H15BrIN3O2S. The molecule has 0 aliphatic heterocycles. The first-order valence-electron chi connectivity index (χ1n) is 7.22. The molecule has 1 aromatic carbocycles. The molecule has 0 atom stereocenters. The Balaban J connectivity index is 2.69. The van der Waals surface area contributed by atoms with Crippen molar-refractivity contribution in [1.82, 2.24) is 9.97 Å². The molecule has 1 aromatic heterocycles. The van der Waals surface area contributed by atoms with Gasteiger partial charge in [-0.1, -0.05) is 41.0 Å². The molecule has 0 spiro atoms. The highest BCUT2D eigenvalue weighted by Crippen LogP contribution is 2.37. The third-order valence-electron chi connectivity index (χ3n) is 3.21. The average molecular weight is 520 g/mol. The van der Waals surface area contributed by atoms with Crippen LogP contribution in [-0.4, -0.2) is 22.8 Å². The Kier molecular flexibility index (Phi) is 7.13. The van der Waals surface area contributed by atoms with Crippen LogP contribution in [0.3, 0.4) is 0 Å². The topological polar surface area (TPSA) is 78.8 Å². The predicted molar refractivity (Wildman–Crippen MR) is 108 cm³/mol. The molecule has 8 heteroatoms. The Bertz CT molecular complexity index is 848. The summed E-state index contributed by atoms with van der Waals surface area (Å²) in [6, 6.07) is 5.72. The maximum absolute atomic E-state index is 12.2. The zero-order chi connectivity index (χ0) is 17.7. The van der Waals surface area contributed by atoms with Gasteiger partial charge in [0.05, 0.1) is 10.2 Å². The normalized spacial score (nSPS) is 10.5. The van der Waals surface area contributed by atoms with E-state index in [1.54, 1.807) is 0 Å². The van der Waals surface area contributed by atoms with Crippen LogP contribution in [0.15, 0.2) is 26.6 Å². The van der Waals surface area contributed by atoms with Crippen molar-refractivity contribution in [3.05, 3.63) is 36.1 Å². The molecule has 0 radical (unpaired) electrons. The summed E-state index contributed by atoms with van der Waals surface area (Å²) in [5.74, 6) is 0.647. The molecule has 0 saturated carbocycles. The lowest BCUT2D eigenvalue weighted by molar-refractivity contribution is 0.308. The summed E-state index contributed by atoms with van der Waals surface area (Å²) in [7, 11) is 0. The van der Waals surface area contributed by atoms with Gasteiger partial charge in [0.2, 0.25) is 0 Å². The second kappa shape index (κ2) is 8.87. The molecule has 0 unspecified atom stereocenters. The number of unbranched alkanes of at least 4 members (excludes halogenated alkanes) is 1. The summed E-state index contributed by atoms with van der Waals surface area (Å²) in [4.78, 5) is 19.2. The van der Waals surface area contributed by atoms with Gasteiger partial charge in [-0.2, -0.15) is 5.26 Å². The second-order valence-corrected chi connectivity index (χ2v) is 7.75. The van der Waals surface area contributed by atoms with Crippen molar-refractivity contribution < 1.29 is 4.74 Å². The van der Waals surface area contributed by atoms with Crippen LogP contribution < -0.4 is 10.3 Å². The molecule has 2 aromatic rings. The Morgan fingerprint density at radius 2 is 2.25 bits per heavy atom. The first-order valence-corrected chi connectivity index (χ1v) is 10.3. The lowest BCUT2D eigenvalue weighted by Gasteiger charge is -2.15. The minimum Gasteiger partial charge on any atom is -0.492 e. The predicted octanol–water partition coefficient (Wildman–Crippen LogP) is 4.58. The van der Waals surface area contributed by atoms with Crippen molar-refractivity contribution in [1.29, 1.82) is 5.26 Å². The van der Waals surface area contributed by atoms with E-state index < -0.39 is 5.56 Å². The highest BCUT2D eigenvalue weighted by molar-refractivity contribution is 14.1. The third-order valence-corrected chi connectivity index (χ3v) is 5.05. The van der Waals surface area contributed by atoms with E-state index in [2.05, 4.69) is 55.4 Å². The van der Waals surface area contributed by atoms with Gasteiger partial charge in [0.15, 0.2) is 5.16 Å². The number of thioether (sulfide) groups is 1. The van der Waals surface area contributed by atoms with E-state index in [4.69, 9.17) is 4.74 Å². The highest BCUT2D eigenvalue weighted by Gasteiger charge is 2.19. The zero-order valence-electron chi connectivity index (χ0n) is 13.2. The van der Waals surface area contributed by atoms with E-state index in [1.807, 2.05) is 24.5 Å². The first kappa shape index (κ1) is 19.3. The number of aromatic amines is 1. The van der Waals surface area contributed by atoms with Crippen LogP contribution in [0, 0.1) is 14.9 Å². The number of hydrogen-bond donors (Lipinski definition) is 1. The van der Waals surface area contributed by atoms with Crippen molar-refractivity contribution in [2.45, 2.75) is 24.9 Å². The van der Waals surface area contributed by atoms with Crippen molar-refractivity contribution >= 4 is 50.3 Å². The van der Waals surface area contributed by atoms with Crippen molar-refractivity contribution in [2.24, 2.45) is 0 Å². The Morgan fingerprint density at radius 3 is 2.88 bits per heavy atom. The number of ether oxygens (including phenoxy) is 1. The van der Waals surface area contributed by atoms with Gasteiger partial charge in [-0.3, -0.25) is 4.79 Å². The van der Waals surface area contributed by atoms with Crippen LogP contribution in [0.25, 0.3) is 11.3 Å². The third kappa shape index (κ3) is 4.32. The van der Waals surface area contributed by atoms with Crippen LogP contribution in [0.1, 0.15) is 25.3 Å². The molecule has 0 aliphatic carbocycles. The fourth-order valence-electron chi connectivity index (χ4n) is 2.05. The van der Waals surface area contributed by atoms with Crippen LogP contribution >= 0.6 is 50.3 Å². The van der Waals surface area contributed by atoms with Crippen LogP contribution in [0.5, 0.6) is 5.75 Å². The maximum Gasteiger partial charge on any atom is 0.270 e. The smallest absolute Gasteiger partial charge is 0.270 e. The molecule has 24 heavy (non-hydrogen) atoms. The summed E-state index contributed by atoms with van der Waals surface area (Å²) in [6.45, 7) is 2.66. The molecule has 126 valence electrons. The largest absolute Gasteiger partial charge is 0.492 e. The summed E-state index contributed by atoms with van der Waals surface area (Å²) in [5, 5.41) is 9.86. The fraction of sp³-hybridized carbons (Fsp3) is 0.312. The van der Waals surface area contributed by atoms with Crippen LogP contribution in [-0.2, 0) is 0 Å². The Labute approximate surface area is 166 Å². The molecule has 0 fully saturated rings. The number of nitriles is 1. The van der Waals surface area contributed by atoms with E-state index in [0.29, 0.717) is 28.8 Å². The van der Waals surface area contributed by atoms with Gasteiger partial charge in [0, 0.05) is 10.0 Å². The average Bonchev–Trinajstić information content (AvgIpc) is 2.55. The first-order chi connectivity index (χ1) is 11.5. The molecule has 2 rings (SSSR count). The van der Waals surface area contributed by atoms with Crippen molar-refractivity contribution in [3.63, 3.8) is 0 Å².